The predicted molar refractivity (Wildman–Crippen MR) is 147 cm³/mol. The van der Waals surface area contributed by atoms with Gasteiger partial charge in [0.25, 0.3) is 0 Å². The number of rotatable bonds is 5. The Bertz CT molecular complexity index is 1330. The van der Waals surface area contributed by atoms with Gasteiger partial charge in [-0.05, 0) is 46.4 Å². The van der Waals surface area contributed by atoms with Crippen molar-refractivity contribution in [1.82, 2.24) is 0 Å². The molecule has 0 saturated carbocycles. The molecule has 1 heteroatoms. The zero-order valence-corrected chi connectivity index (χ0v) is 20.8. The third-order valence-corrected chi connectivity index (χ3v) is 6.57. The first-order valence-corrected chi connectivity index (χ1v) is 12.3. The van der Waals surface area contributed by atoms with Crippen molar-refractivity contribution < 1.29 is 4.57 Å². The second-order valence-electron chi connectivity index (χ2n) is 10.1. The van der Waals surface area contributed by atoms with Crippen LogP contribution in [0.2, 0.25) is 0 Å². The highest BCUT2D eigenvalue weighted by Crippen LogP contribution is 2.30. The summed E-state index contributed by atoms with van der Waals surface area (Å²) in [6.07, 6.45) is 0. The average Bonchev–Trinajstić information content (AvgIpc) is 2.90. The number of hydrogen-bond acceptors (Lipinski definition) is 0. The van der Waals surface area contributed by atoms with Gasteiger partial charge in [-0.25, -0.2) is 0 Å². The Hall–Kier alpha value is -3.97. The molecule has 0 spiro atoms. The molecule has 0 aliphatic carbocycles. The van der Waals surface area contributed by atoms with E-state index < -0.39 is 0 Å². The maximum absolute atomic E-state index is 2.46. The lowest BCUT2D eigenvalue weighted by Crippen LogP contribution is -2.39. The Balaban J connectivity index is 1.72. The van der Waals surface area contributed by atoms with Crippen molar-refractivity contribution in [3.8, 4) is 33.6 Å². The molecule has 0 amide bonds. The van der Waals surface area contributed by atoms with E-state index in [1.54, 1.807) is 0 Å². The number of benzene rings is 4. The molecule has 0 aliphatic heterocycles. The lowest BCUT2D eigenvalue weighted by atomic mass is 9.87. The van der Waals surface area contributed by atoms with E-state index in [9.17, 15) is 0 Å². The summed E-state index contributed by atoms with van der Waals surface area (Å²) in [5, 5.41) is 0. The molecule has 0 aliphatic rings. The third kappa shape index (κ3) is 5.10. The average molecular weight is 455 g/mol. The molecule has 35 heavy (non-hydrogen) atoms. The maximum atomic E-state index is 2.46. The molecule has 0 fully saturated rings. The van der Waals surface area contributed by atoms with Gasteiger partial charge in [0.05, 0.1) is 0 Å². The van der Waals surface area contributed by atoms with Gasteiger partial charge < -0.3 is 0 Å². The first kappa shape index (κ1) is 22.8. The minimum absolute atomic E-state index is 0.146. The van der Waals surface area contributed by atoms with Crippen molar-refractivity contribution in [3.05, 3.63) is 139 Å². The maximum Gasteiger partial charge on any atom is 0.213 e. The Morgan fingerprint density at radius 1 is 0.486 bits per heavy atom. The molecule has 5 rings (SSSR count). The number of nitrogens with zero attached hydrogens (tertiary/aromatic N) is 1. The SMILES string of the molecule is CC(C)(C)c1ccc(C[n+]2c(-c3ccccc3)cc(-c3ccccc3)cc2-c2ccccc2)cc1. The van der Waals surface area contributed by atoms with Gasteiger partial charge in [-0.1, -0.05) is 112 Å². The van der Waals surface area contributed by atoms with E-state index in [0.717, 1.165) is 6.54 Å². The molecule has 0 saturated heterocycles. The van der Waals surface area contributed by atoms with Crippen LogP contribution in [0.4, 0.5) is 0 Å². The van der Waals surface area contributed by atoms with E-state index in [2.05, 4.69) is 153 Å². The number of pyridine rings is 1. The van der Waals surface area contributed by atoms with E-state index in [1.807, 2.05) is 0 Å². The highest BCUT2D eigenvalue weighted by molar-refractivity contribution is 5.73. The summed E-state index contributed by atoms with van der Waals surface area (Å²) >= 11 is 0. The molecular weight excluding hydrogens is 422 g/mol. The van der Waals surface area contributed by atoms with Crippen molar-refractivity contribution in [1.29, 1.82) is 0 Å². The van der Waals surface area contributed by atoms with E-state index in [0.29, 0.717) is 0 Å². The quantitative estimate of drug-likeness (QED) is 0.235. The van der Waals surface area contributed by atoms with Crippen LogP contribution in [0.1, 0.15) is 31.9 Å². The van der Waals surface area contributed by atoms with Crippen LogP contribution in [0.15, 0.2) is 127 Å². The summed E-state index contributed by atoms with van der Waals surface area (Å²) in [5.41, 5.74) is 10.1. The smallest absolute Gasteiger partial charge is 0.187 e. The Morgan fingerprint density at radius 3 is 1.34 bits per heavy atom. The fraction of sp³-hybridized carbons (Fsp3) is 0.147. The van der Waals surface area contributed by atoms with Crippen molar-refractivity contribution in [2.45, 2.75) is 32.7 Å². The fourth-order valence-electron chi connectivity index (χ4n) is 4.58. The lowest BCUT2D eigenvalue weighted by Gasteiger charge is -2.19. The summed E-state index contributed by atoms with van der Waals surface area (Å²) < 4.78 is 2.46. The van der Waals surface area contributed by atoms with Gasteiger partial charge in [0, 0.05) is 28.8 Å². The minimum Gasteiger partial charge on any atom is -0.187 e. The van der Waals surface area contributed by atoms with E-state index in [-0.39, 0.29) is 5.41 Å². The molecular formula is C34H32N+. The first-order chi connectivity index (χ1) is 17.0. The van der Waals surface area contributed by atoms with Crippen LogP contribution in [0.25, 0.3) is 33.6 Å². The molecule has 0 atom stereocenters. The van der Waals surface area contributed by atoms with Crippen molar-refractivity contribution in [2.24, 2.45) is 0 Å². The number of aromatic nitrogens is 1. The minimum atomic E-state index is 0.146. The van der Waals surface area contributed by atoms with Gasteiger partial charge in [-0.15, -0.1) is 0 Å². The summed E-state index contributed by atoms with van der Waals surface area (Å²) in [7, 11) is 0. The normalized spacial score (nSPS) is 11.4. The van der Waals surface area contributed by atoms with E-state index in [1.165, 1.54) is 44.8 Å². The summed E-state index contributed by atoms with van der Waals surface area (Å²) in [6.45, 7) is 7.59. The standard InChI is InChI=1S/C34H32N/c1-34(2,3)31-21-19-26(20-22-31)25-35-32(28-15-9-5-10-16-28)23-30(27-13-7-4-8-14-27)24-33(35)29-17-11-6-12-18-29/h4-24H,25H2,1-3H3/q+1. The zero-order chi connectivity index (χ0) is 24.3. The van der Waals surface area contributed by atoms with Crippen LogP contribution in [-0.4, -0.2) is 0 Å². The van der Waals surface area contributed by atoms with Crippen LogP contribution < -0.4 is 4.57 Å². The zero-order valence-electron chi connectivity index (χ0n) is 20.8. The molecule has 4 aromatic carbocycles. The highest BCUT2D eigenvalue weighted by Gasteiger charge is 2.23. The number of hydrogen-bond donors (Lipinski definition) is 0. The van der Waals surface area contributed by atoms with Crippen LogP contribution in [0.3, 0.4) is 0 Å². The second-order valence-corrected chi connectivity index (χ2v) is 10.1. The molecule has 0 N–H and O–H groups in total. The molecule has 1 aromatic heterocycles. The predicted octanol–water partition coefficient (Wildman–Crippen LogP) is 8.32. The van der Waals surface area contributed by atoms with Crippen molar-refractivity contribution >= 4 is 0 Å². The lowest BCUT2D eigenvalue weighted by molar-refractivity contribution is -0.666. The largest absolute Gasteiger partial charge is 0.213 e. The van der Waals surface area contributed by atoms with Crippen LogP contribution in [0, 0.1) is 0 Å². The van der Waals surface area contributed by atoms with Crippen LogP contribution in [-0.2, 0) is 12.0 Å². The van der Waals surface area contributed by atoms with E-state index in [4.69, 9.17) is 0 Å². The fourth-order valence-corrected chi connectivity index (χ4v) is 4.58. The Kier molecular flexibility index (Phi) is 6.33. The highest BCUT2D eigenvalue weighted by atomic mass is 15.0. The van der Waals surface area contributed by atoms with Gasteiger partial charge in [-0.2, -0.15) is 4.57 Å². The summed E-state index contributed by atoms with van der Waals surface area (Å²) in [5.74, 6) is 0. The van der Waals surface area contributed by atoms with Gasteiger partial charge in [-0.3, -0.25) is 0 Å². The molecule has 0 bridgehead atoms. The van der Waals surface area contributed by atoms with Gasteiger partial charge in [0.15, 0.2) is 6.54 Å². The molecule has 1 nitrogen and oxygen atoms in total. The van der Waals surface area contributed by atoms with Gasteiger partial charge in [0.2, 0.25) is 11.4 Å². The third-order valence-electron chi connectivity index (χ3n) is 6.57. The van der Waals surface area contributed by atoms with Crippen molar-refractivity contribution in [2.75, 3.05) is 0 Å². The molecule has 5 aromatic rings. The van der Waals surface area contributed by atoms with Gasteiger partial charge in [0.1, 0.15) is 0 Å². The summed E-state index contributed by atoms with van der Waals surface area (Å²) in [4.78, 5) is 0. The molecule has 0 unspecified atom stereocenters. The monoisotopic (exact) mass is 454 g/mol. The van der Waals surface area contributed by atoms with E-state index >= 15 is 0 Å². The first-order valence-electron chi connectivity index (χ1n) is 12.3. The molecule has 1 heterocycles. The van der Waals surface area contributed by atoms with Crippen LogP contribution >= 0.6 is 0 Å². The topological polar surface area (TPSA) is 3.88 Å². The molecule has 0 radical (unpaired) electrons. The van der Waals surface area contributed by atoms with Gasteiger partial charge >= 0.3 is 0 Å². The second kappa shape index (κ2) is 9.72. The summed E-state index contributed by atoms with van der Waals surface area (Å²) in [6, 6.07) is 45.9. The van der Waals surface area contributed by atoms with Crippen LogP contribution in [0.5, 0.6) is 0 Å². The van der Waals surface area contributed by atoms with Crippen molar-refractivity contribution in [3.63, 3.8) is 0 Å². The Labute approximate surface area is 209 Å². The molecule has 172 valence electrons. The Morgan fingerprint density at radius 2 is 0.914 bits per heavy atom.